The van der Waals surface area contributed by atoms with Crippen molar-refractivity contribution in [1.82, 2.24) is 19.8 Å². The predicted molar refractivity (Wildman–Crippen MR) is 141 cm³/mol. The molecule has 190 valence electrons. The van der Waals surface area contributed by atoms with Crippen molar-refractivity contribution in [2.24, 2.45) is 5.92 Å². The molecule has 0 radical (unpaired) electrons. The van der Waals surface area contributed by atoms with E-state index in [1.807, 2.05) is 28.8 Å². The number of aromatic nitrogens is 2. The van der Waals surface area contributed by atoms with Gasteiger partial charge in [-0.25, -0.2) is 4.98 Å². The second-order valence-corrected chi connectivity index (χ2v) is 9.81. The SMILES string of the molecule is Cc1ccc(Cn2c(=O)c(N3CCC(C(=O)NCCN4CCOCC4)CC3)nc3ccccc32)cc1. The fraction of sp³-hybridized carbons (Fsp3) is 0.464. The van der Waals surface area contributed by atoms with Crippen molar-refractivity contribution in [1.29, 1.82) is 0 Å². The number of nitrogens with zero attached hydrogens (tertiary/aromatic N) is 4. The molecule has 2 aromatic carbocycles. The molecule has 2 aliphatic heterocycles. The van der Waals surface area contributed by atoms with Crippen LogP contribution in [0, 0.1) is 12.8 Å². The summed E-state index contributed by atoms with van der Waals surface area (Å²) in [6.07, 6.45) is 1.44. The van der Waals surface area contributed by atoms with E-state index in [4.69, 9.17) is 9.72 Å². The Hall–Kier alpha value is -3.23. The highest BCUT2D eigenvalue weighted by atomic mass is 16.5. The minimum absolute atomic E-state index is 0.0267. The van der Waals surface area contributed by atoms with E-state index >= 15 is 0 Å². The molecule has 0 bridgehead atoms. The highest BCUT2D eigenvalue weighted by molar-refractivity contribution is 5.79. The smallest absolute Gasteiger partial charge is 0.294 e. The Kier molecular flexibility index (Phi) is 7.63. The van der Waals surface area contributed by atoms with Gasteiger partial charge in [0.2, 0.25) is 5.91 Å². The number of hydrogen-bond acceptors (Lipinski definition) is 6. The van der Waals surface area contributed by atoms with Crippen molar-refractivity contribution in [2.45, 2.75) is 26.3 Å². The summed E-state index contributed by atoms with van der Waals surface area (Å²) in [5, 5.41) is 3.11. The van der Waals surface area contributed by atoms with Gasteiger partial charge in [0, 0.05) is 45.2 Å². The summed E-state index contributed by atoms with van der Waals surface area (Å²) in [6.45, 7) is 8.75. The third-order valence-electron chi connectivity index (χ3n) is 7.29. The monoisotopic (exact) mass is 489 g/mol. The Morgan fingerprint density at radius 3 is 2.50 bits per heavy atom. The summed E-state index contributed by atoms with van der Waals surface area (Å²) in [7, 11) is 0. The van der Waals surface area contributed by atoms with Gasteiger partial charge >= 0.3 is 0 Å². The Balaban J connectivity index is 1.26. The summed E-state index contributed by atoms with van der Waals surface area (Å²) in [5.41, 5.74) is 3.84. The van der Waals surface area contributed by atoms with Crippen LogP contribution in [0.4, 0.5) is 5.82 Å². The van der Waals surface area contributed by atoms with Gasteiger partial charge in [0.1, 0.15) is 0 Å². The van der Waals surface area contributed by atoms with E-state index in [-0.39, 0.29) is 17.4 Å². The van der Waals surface area contributed by atoms with Crippen molar-refractivity contribution in [3.63, 3.8) is 0 Å². The standard InChI is InChI=1S/C28H35N5O3/c1-21-6-8-22(9-7-21)20-33-25-5-3-2-4-24(25)30-26(28(33)35)32-13-10-23(11-14-32)27(34)29-12-15-31-16-18-36-19-17-31/h2-9,23H,10-20H2,1H3,(H,29,34). The van der Waals surface area contributed by atoms with E-state index in [0.29, 0.717) is 32.0 Å². The van der Waals surface area contributed by atoms with E-state index in [1.165, 1.54) is 5.56 Å². The molecule has 36 heavy (non-hydrogen) atoms. The van der Waals surface area contributed by atoms with E-state index in [9.17, 15) is 9.59 Å². The lowest BCUT2D eigenvalue weighted by Crippen LogP contribution is -2.45. The number of benzene rings is 2. The van der Waals surface area contributed by atoms with Crippen molar-refractivity contribution < 1.29 is 9.53 Å². The number of anilines is 1. The van der Waals surface area contributed by atoms with Gasteiger partial charge in [0.25, 0.3) is 5.56 Å². The van der Waals surface area contributed by atoms with Crippen molar-refractivity contribution in [2.75, 3.05) is 57.4 Å². The van der Waals surface area contributed by atoms with Crippen LogP contribution in [0.15, 0.2) is 53.3 Å². The third-order valence-corrected chi connectivity index (χ3v) is 7.29. The van der Waals surface area contributed by atoms with Gasteiger partial charge in [0.15, 0.2) is 5.82 Å². The number of ether oxygens (including phenoxy) is 1. The van der Waals surface area contributed by atoms with Gasteiger partial charge in [-0.1, -0.05) is 42.0 Å². The van der Waals surface area contributed by atoms with Crippen molar-refractivity contribution >= 4 is 22.8 Å². The number of rotatable bonds is 7. The van der Waals surface area contributed by atoms with Gasteiger partial charge in [-0.15, -0.1) is 0 Å². The van der Waals surface area contributed by atoms with Crippen LogP contribution in [-0.4, -0.2) is 72.8 Å². The quantitative estimate of drug-likeness (QED) is 0.549. The predicted octanol–water partition coefficient (Wildman–Crippen LogP) is 2.42. The first-order chi connectivity index (χ1) is 17.6. The van der Waals surface area contributed by atoms with E-state index in [2.05, 4.69) is 46.3 Å². The Morgan fingerprint density at radius 2 is 1.75 bits per heavy atom. The number of amides is 1. The van der Waals surface area contributed by atoms with Gasteiger partial charge in [0.05, 0.1) is 30.8 Å². The molecule has 2 fully saturated rings. The average molecular weight is 490 g/mol. The summed E-state index contributed by atoms with van der Waals surface area (Å²) < 4.78 is 7.21. The van der Waals surface area contributed by atoms with Crippen LogP contribution in [0.25, 0.3) is 11.0 Å². The van der Waals surface area contributed by atoms with Gasteiger partial charge in [-0.3, -0.25) is 19.1 Å². The van der Waals surface area contributed by atoms with Crippen LogP contribution in [0.2, 0.25) is 0 Å². The molecule has 8 heteroatoms. The maximum absolute atomic E-state index is 13.6. The number of hydrogen-bond donors (Lipinski definition) is 1. The molecule has 0 aliphatic carbocycles. The highest BCUT2D eigenvalue weighted by Gasteiger charge is 2.27. The van der Waals surface area contributed by atoms with E-state index < -0.39 is 0 Å². The van der Waals surface area contributed by atoms with Crippen LogP contribution >= 0.6 is 0 Å². The number of morpholine rings is 1. The van der Waals surface area contributed by atoms with Crippen LogP contribution in [0.5, 0.6) is 0 Å². The maximum Gasteiger partial charge on any atom is 0.294 e. The summed E-state index contributed by atoms with van der Waals surface area (Å²) in [5.74, 6) is 0.569. The number of para-hydroxylation sites is 2. The highest BCUT2D eigenvalue weighted by Crippen LogP contribution is 2.22. The van der Waals surface area contributed by atoms with Crippen molar-refractivity contribution in [3.8, 4) is 0 Å². The van der Waals surface area contributed by atoms with E-state index in [0.717, 1.165) is 62.3 Å². The Morgan fingerprint density at radius 1 is 1.03 bits per heavy atom. The lowest BCUT2D eigenvalue weighted by molar-refractivity contribution is -0.125. The normalized spacial score (nSPS) is 17.4. The molecule has 1 aromatic heterocycles. The van der Waals surface area contributed by atoms with Gasteiger partial charge < -0.3 is 15.0 Å². The molecule has 0 spiro atoms. The first-order valence-corrected chi connectivity index (χ1v) is 13.0. The number of nitrogens with one attached hydrogen (secondary N) is 1. The molecule has 0 saturated carbocycles. The molecule has 1 N–H and O–H groups in total. The fourth-order valence-corrected chi connectivity index (χ4v) is 5.08. The zero-order chi connectivity index (χ0) is 24.9. The van der Waals surface area contributed by atoms with Crippen LogP contribution in [0.1, 0.15) is 24.0 Å². The second-order valence-electron chi connectivity index (χ2n) is 9.81. The first-order valence-electron chi connectivity index (χ1n) is 13.0. The molecule has 0 unspecified atom stereocenters. The Bertz CT molecular complexity index is 1240. The van der Waals surface area contributed by atoms with Crippen LogP contribution < -0.4 is 15.8 Å². The van der Waals surface area contributed by atoms with Gasteiger partial charge in [-0.05, 0) is 37.5 Å². The zero-order valence-electron chi connectivity index (χ0n) is 21.0. The molecule has 3 aromatic rings. The maximum atomic E-state index is 13.6. The third kappa shape index (κ3) is 5.60. The molecule has 2 saturated heterocycles. The lowest BCUT2D eigenvalue weighted by Gasteiger charge is -2.32. The molecule has 8 nitrogen and oxygen atoms in total. The topological polar surface area (TPSA) is 79.7 Å². The Labute approximate surface area is 211 Å². The number of aryl methyl sites for hydroxylation is 1. The average Bonchev–Trinajstić information content (AvgIpc) is 2.92. The minimum Gasteiger partial charge on any atom is -0.379 e. The molecular weight excluding hydrogens is 454 g/mol. The number of carbonyl (C=O) groups excluding carboxylic acids is 1. The molecule has 2 aliphatic rings. The number of fused-ring (bicyclic) bond motifs is 1. The number of piperidine rings is 1. The first kappa shape index (κ1) is 24.5. The summed E-state index contributed by atoms with van der Waals surface area (Å²) in [6, 6.07) is 16.1. The van der Waals surface area contributed by atoms with Gasteiger partial charge in [-0.2, -0.15) is 0 Å². The fourth-order valence-electron chi connectivity index (χ4n) is 5.08. The summed E-state index contributed by atoms with van der Waals surface area (Å²) in [4.78, 5) is 35.5. The molecular formula is C28H35N5O3. The largest absolute Gasteiger partial charge is 0.379 e. The lowest BCUT2D eigenvalue weighted by atomic mass is 9.96. The molecule has 3 heterocycles. The van der Waals surface area contributed by atoms with Crippen molar-refractivity contribution in [3.05, 3.63) is 70.0 Å². The summed E-state index contributed by atoms with van der Waals surface area (Å²) >= 11 is 0. The minimum atomic E-state index is -0.0808. The van der Waals surface area contributed by atoms with Crippen LogP contribution in [0.3, 0.4) is 0 Å². The number of carbonyl (C=O) groups is 1. The van der Waals surface area contributed by atoms with Crippen LogP contribution in [-0.2, 0) is 16.1 Å². The molecule has 1 amide bonds. The second kappa shape index (κ2) is 11.2. The zero-order valence-corrected chi connectivity index (χ0v) is 21.0. The van der Waals surface area contributed by atoms with E-state index in [1.54, 1.807) is 0 Å². The molecule has 0 atom stereocenters. The molecule has 5 rings (SSSR count).